The summed E-state index contributed by atoms with van der Waals surface area (Å²) in [5.74, 6) is 2.60. The summed E-state index contributed by atoms with van der Waals surface area (Å²) in [6.07, 6.45) is 9.06. The Morgan fingerprint density at radius 3 is 2.53 bits per heavy atom. The van der Waals surface area contributed by atoms with E-state index in [2.05, 4.69) is 61.6 Å². The first-order valence-electron chi connectivity index (χ1n) is 12.1. The average Bonchev–Trinajstić information content (AvgIpc) is 2.85. The van der Waals surface area contributed by atoms with Crippen molar-refractivity contribution in [3.8, 4) is 11.3 Å². The molecule has 168 valence electrons. The topological polar surface area (TPSA) is 57.2 Å². The first-order chi connectivity index (χ1) is 15.7. The molecule has 0 spiro atoms. The molecule has 1 aromatic carbocycles. The summed E-state index contributed by atoms with van der Waals surface area (Å²) in [6.45, 7) is 7.24. The van der Waals surface area contributed by atoms with Crippen molar-refractivity contribution < 1.29 is 0 Å². The standard InChI is InChI=1S/C26H34N6/c1-31-11-13-32(14-12-31)19-21-6-4-20(5-7-21)17-27-26-16-24-15-22(8-9-23(24)18-28-26)25-3-2-10-29-30-25/h2-3,8-10,15-16,18,20-21H,4-7,11-14,17,19H2,1H3,(H,27,28). The van der Waals surface area contributed by atoms with Gasteiger partial charge in [0, 0.05) is 62.6 Å². The summed E-state index contributed by atoms with van der Waals surface area (Å²) >= 11 is 0. The van der Waals surface area contributed by atoms with Gasteiger partial charge in [0.25, 0.3) is 0 Å². The monoisotopic (exact) mass is 430 g/mol. The summed E-state index contributed by atoms with van der Waals surface area (Å²) in [7, 11) is 2.23. The fraction of sp³-hybridized carbons (Fsp3) is 0.500. The Labute approximate surface area is 191 Å². The fourth-order valence-electron chi connectivity index (χ4n) is 5.12. The molecule has 1 aliphatic heterocycles. The highest BCUT2D eigenvalue weighted by Gasteiger charge is 2.24. The SMILES string of the molecule is CN1CCN(CC2CCC(CNc3cc4cc(-c5cccnn5)ccc4cn3)CC2)CC1. The van der Waals surface area contributed by atoms with Gasteiger partial charge in [0.15, 0.2) is 0 Å². The van der Waals surface area contributed by atoms with Crippen molar-refractivity contribution in [1.29, 1.82) is 0 Å². The molecule has 1 N–H and O–H groups in total. The van der Waals surface area contributed by atoms with Gasteiger partial charge in [-0.05, 0) is 74.2 Å². The number of anilines is 1. The fourth-order valence-corrected chi connectivity index (χ4v) is 5.12. The normalized spacial score (nSPS) is 22.8. The van der Waals surface area contributed by atoms with E-state index in [1.54, 1.807) is 6.20 Å². The molecule has 1 saturated heterocycles. The zero-order chi connectivity index (χ0) is 21.8. The number of rotatable bonds is 6. The van der Waals surface area contributed by atoms with Crippen LogP contribution >= 0.6 is 0 Å². The van der Waals surface area contributed by atoms with E-state index < -0.39 is 0 Å². The third-order valence-corrected chi connectivity index (χ3v) is 7.24. The lowest BCUT2D eigenvalue weighted by atomic mass is 9.81. The summed E-state index contributed by atoms with van der Waals surface area (Å²) in [5.41, 5.74) is 1.98. The van der Waals surface area contributed by atoms with Crippen LogP contribution in [-0.2, 0) is 0 Å². The van der Waals surface area contributed by atoms with Crippen LogP contribution in [0, 0.1) is 11.8 Å². The molecule has 2 aromatic heterocycles. The number of nitrogens with zero attached hydrogens (tertiary/aromatic N) is 5. The van der Waals surface area contributed by atoms with E-state index in [9.17, 15) is 0 Å². The maximum atomic E-state index is 4.64. The van der Waals surface area contributed by atoms with Gasteiger partial charge in [0.05, 0.1) is 5.69 Å². The molecule has 6 heteroatoms. The first kappa shape index (κ1) is 21.3. The molecule has 0 atom stereocenters. The highest BCUT2D eigenvalue weighted by atomic mass is 15.2. The van der Waals surface area contributed by atoms with Crippen LogP contribution in [0.3, 0.4) is 0 Å². The number of piperazine rings is 1. The lowest BCUT2D eigenvalue weighted by Gasteiger charge is -2.37. The lowest BCUT2D eigenvalue weighted by Crippen LogP contribution is -2.46. The second kappa shape index (κ2) is 9.92. The van der Waals surface area contributed by atoms with Crippen LogP contribution < -0.4 is 5.32 Å². The van der Waals surface area contributed by atoms with Crippen molar-refractivity contribution in [2.75, 3.05) is 51.6 Å². The molecule has 3 heterocycles. The highest BCUT2D eigenvalue weighted by molar-refractivity contribution is 5.87. The molecular weight excluding hydrogens is 396 g/mol. The zero-order valence-corrected chi connectivity index (χ0v) is 19.1. The molecule has 0 radical (unpaired) electrons. The van der Waals surface area contributed by atoms with Gasteiger partial charge in [0.1, 0.15) is 5.82 Å². The van der Waals surface area contributed by atoms with E-state index in [0.717, 1.165) is 40.8 Å². The quantitative estimate of drug-likeness (QED) is 0.634. The van der Waals surface area contributed by atoms with Gasteiger partial charge in [-0.15, -0.1) is 0 Å². The van der Waals surface area contributed by atoms with Crippen molar-refractivity contribution in [3.05, 3.63) is 48.8 Å². The molecule has 2 aliphatic rings. The van der Waals surface area contributed by atoms with E-state index in [1.165, 1.54) is 63.8 Å². The minimum atomic E-state index is 0.752. The number of nitrogens with one attached hydrogen (secondary N) is 1. The van der Waals surface area contributed by atoms with Crippen molar-refractivity contribution in [3.63, 3.8) is 0 Å². The first-order valence-corrected chi connectivity index (χ1v) is 12.1. The maximum Gasteiger partial charge on any atom is 0.126 e. The summed E-state index contributed by atoms with van der Waals surface area (Å²) in [6, 6.07) is 12.4. The van der Waals surface area contributed by atoms with Gasteiger partial charge in [-0.25, -0.2) is 4.98 Å². The predicted octanol–water partition coefficient (Wildman–Crippen LogP) is 4.16. The Balaban J connectivity index is 1.13. The van der Waals surface area contributed by atoms with Crippen LogP contribution in [0.2, 0.25) is 0 Å². The van der Waals surface area contributed by atoms with E-state index in [-0.39, 0.29) is 0 Å². The minimum absolute atomic E-state index is 0.752. The van der Waals surface area contributed by atoms with E-state index in [4.69, 9.17) is 0 Å². The number of aromatic nitrogens is 3. The Morgan fingerprint density at radius 2 is 1.75 bits per heavy atom. The second-order valence-electron chi connectivity index (χ2n) is 9.61. The number of benzene rings is 1. The summed E-state index contributed by atoms with van der Waals surface area (Å²) in [4.78, 5) is 9.76. The minimum Gasteiger partial charge on any atom is -0.370 e. The molecule has 1 saturated carbocycles. The molecular formula is C26H34N6. The van der Waals surface area contributed by atoms with E-state index in [0.29, 0.717) is 0 Å². The molecule has 0 unspecified atom stereocenters. The van der Waals surface area contributed by atoms with Crippen LogP contribution in [0.5, 0.6) is 0 Å². The van der Waals surface area contributed by atoms with Crippen LogP contribution in [0.15, 0.2) is 48.8 Å². The van der Waals surface area contributed by atoms with Gasteiger partial charge in [0.2, 0.25) is 0 Å². The Bertz CT molecular complexity index is 1010. The molecule has 32 heavy (non-hydrogen) atoms. The van der Waals surface area contributed by atoms with Gasteiger partial charge in [-0.1, -0.05) is 12.1 Å². The third kappa shape index (κ3) is 5.25. The maximum absolute atomic E-state index is 4.64. The molecule has 2 fully saturated rings. The third-order valence-electron chi connectivity index (χ3n) is 7.24. The van der Waals surface area contributed by atoms with Gasteiger partial charge in [-0.2, -0.15) is 10.2 Å². The van der Waals surface area contributed by atoms with Crippen LogP contribution in [0.25, 0.3) is 22.0 Å². The van der Waals surface area contributed by atoms with Crippen LogP contribution in [0.4, 0.5) is 5.82 Å². The number of hydrogen-bond acceptors (Lipinski definition) is 6. The average molecular weight is 431 g/mol. The van der Waals surface area contributed by atoms with E-state index in [1.807, 2.05) is 18.3 Å². The van der Waals surface area contributed by atoms with Crippen LogP contribution in [0.1, 0.15) is 25.7 Å². The van der Waals surface area contributed by atoms with E-state index >= 15 is 0 Å². The zero-order valence-electron chi connectivity index (χ0n) is 19.1. The smallest absolute Gasteiger partial charge is 0.126 e. The van der Waals surface area contributed by atoms with Gasteiger partial charge >= 0.3 is 0 Å². The van der Waals surface area contributed by atoms with Crippen molar-refractivity contribution in [2.24, 2.45) is 11.8 Å². The Hall–Kier alpha value is -2.57. The Morgan fingerprint density at radius 1 is 0.938 bits per heavy atom. The second-order valence-corrected chi connectivity index (χ2v) is 9.61. The van der Waals surface area contributed by atoms with Gasteiger partial charge in [-0.3, -0.25) is 0 Å². The molecule has 0 amide bonds. The number of pyridine rings is 1. The van der Waals surface area contributed by atoms with Crippen LogP contribution in [-0.4, -0.2) is 71.3 Å². The highest BCUT2D eigenvalue weighted by Crippen LogP contribution is 2.30. The van der Waals surface area contributed by atoms with Crippen molar-refractivity contribution >= 4 is 16.6 Å². The number of hydrogen-bond donors (Lipinski definition) is 1. The van der Waals surface area contributed by atoms with Gasteiger partial charge < -0.3 is 15.1 Å². The molecule has 1 aliphatic carbocycles. The number of fused-ring (bicyclic) bond motifs is 1. The number of likely N-dealkylation sites (N-methyl/N-ethyl adjacent to an activating group) is 1. The molecule has 3 aromatic rings. The summed E-state index contributed by atoms with van der Waals surface area (Å²) in [5, 5.41) is 14.2. The Kier molecular flexibility index (Phi) is 6.60. The molecule has 6 nitrogen and oxygen atoms in total. The largest absolute Gasteiger partial charge is 0.370 e. The summed E-state index contributed by atoms with van der Waals surface area (Å²) < 4.78 is 0. The van der Waals surface area contributed by atoms with Crippen molar-refractivity contribution in [2.45, 2.75) is 25.7 Å². The molecule has 5 rings (SSSR count). The van der Waals surface area contributed by atoms with Crippen molar-refractivity contribution in [1.82, 2.24) is 25.0 Å². The lowest BCUT2D eigenvalue weighted by molar-refractivity contribution is 0.120. The molecule has 0 bridgehead atoms. The predicted molar refractivity (Wildman–Crippen MR) is 131 cm³/mol.